The molecule has 1 saturated heterocycles. The highest BCUT2D eigenvalue weighted by Crippen LogP contribution is 2.08. The van der Waals surface area contributed by atoms with Crippen molar-refractivity contribution in [2.45, 2.75) is 25.7 Å². The van der Waals surface area contributed by atoms with E-state index in [2.05, 4.69) is 16.8 Å². The minimum atomic E-state index is 0.117. The van der Waals surface area contributed by atoms with Gasteiger partial charge in [0.25, 0.3) is 0 Å². The van der Waals surface area contributed by atoms with Crippen LogP contribution >= 0.6 is 0 Å². The first-order valence-electron chi connectivity index (χ1n) is 5.43. The minimum absolute atomic E-state index is 0.117. The summed E-state index contributed by atoms with van der Waals surface area (Å²) < 4.78 is 0. The average molecular weight is 196 g/mol. The van der Waals surface area contributed by atoms with E-state index in [4.69, 9.17) is 0 Å². The van der Waals surface area contributed by atoms with Gasteiger partial charge >= 0.3 is 0 Å². The number of hydrogen-bond acceptors (Lipinski definition) is 2. The van der Waals surface area contributed by atoms with Crippen molar-refractivity contribution in [3.05, 3.63) is 12.7 Å². The lowest BCUT2D eigenvalue weighted by molar-refractivity contribution is -0.122. The highest BCUT2D eigenvalue weighted by atomic mass is 16.2. The van der Waals surface area contributed by atoms with Crippen LogP contribution in [0.3, 0.4) is 0 Å². The maximum Gasteiger partial charge on any atom is 0.234 e. The number of rotatable bonds is 4. The van der Waals surface area contributed by atoms with Crippen LogP contribution in [0.2, 0.25) is 0 Å². The lowest BCUT2D eigenvalue weighted by atomic mass is 10.2. The summed E-state index contributed by atoms with van der Waals surface area (Å²) in [6, 6.07) is 0. The van der Waals surface area contributed by atoms with Crippen LogP contribution < -0.4 is 5.32 Å². The smallest absolute Gasteiger partial charge is 0.234 e. The summed E-state index contributed by atoms with van der Waals surface area (Å²) in [7, 11) is 0. The second-order valence-corrected chi connectivity index (χ2v) is 3.78. The second kappa shape index (κ2) is 6.60. The van der Waals surface area contributed by atoms with Gasteiger partial charge in [-0.2, -0.15) is 0 Å². The molecule has 1 amide bonds. The summed E-state index contributed by atoms with van der Waals surface area (Å²) in [4.78, 5) is 13.6. The maximum atomic E-state index is 11.4. The third-order valence-corrected chi connectivity index (χ3v) is 2.51. The van der Waals surface area contributed by atoms with E-state index in [0.29, 0.717) is 13.1 Å². The zero-order chi connectivity index (χ0) is 10.2. The zero-order valence-electron chi connectivity index (χ0n) is 8.80. The van der Waals surface area contributed by atoms with E-state index in [0.717, 1.165) is 13.1 Å². The van der Waals surface area contributed by atoms with Crippen molar-refractivity contribution in [3.8, 4) is 0 Å². The topological polar surface area (TPSA) is 32.3 Å². The molecule has 0 aromatic rings. The molecule has 3 nitrogen and oxygen atoms in total. The molecule has 0 bridgehead atoms. The molecule has 0 atom stereocenters. The van der Waals surface area contributed by atoms with E-state index in [1.54, 1.807) is 6.08 Å². The summed E-state index contributed by atoms with van der Waals surface area (Å²) in [5.74, 6) is 0.117. The zero-order valence-corrected chi connectivity index (χ0v) is 8.80. The predicted octanol–water partition coefficient (Wildman–Crippen LogP) is 1.16. The molecular weight excluding hydrogens is 176 g/mol. The molecule has 80 valence electrons. The Morgan fingerprint density at radius 2 is 1.93 bits per heavy atom. The molecule has 0 saturated carbocycles. The van der Waals surface area contributed by atoms with Crippen LogP contribution in [0, 0.1) is 0 Å². The van der Waals surface area contributed by atoms with Crippen molar-refractivity contribution in [2.24, 2.45) is 0 Å². The summed E-state index contributed by atoms with van der Waals surface area (Å²) in [5, 5.41) is 2.80. The largest absolute Gasteiger partial charge is 0.352 e. The Kier molecular flexibility index (Phi) is 5.30. The monoisotopic (exact) mass is 196 g/mol. The van der Waals surface area contributed by atoms with Crippen molar-refractivity contribution in [3.63, 3.8) is 0 Å². The van der Waals surface area contributed by atoms with E-state index in [1.807, 2.05) is 0 Å². The first kappa shape index (κ1) is 11.2. The standard InChI is InChI=1S/C11H20N2O/c1-2-7-12-11(14)10-13-8-5-3-4-6-9-13/h2H,1,3-10H2,(H,12,14). The molecule has 1 aliphatic rings. The normalized spacial score (nSPS) is 18.6. The molecule has 0 aromatic carbocycles. The number of likely N-dealkylation sites (tertiary alicyclic amines) is 1. The van der Waals surface area contributed by atoms with Crippen LogP contribution in [0.1, 0.15) is 25.7 Å². The van der Waals surface area contributed by atoms with E-state index in [1.165, 1.54) is 25.7 Å². The van der Waals surface area contributed by atoms with Crippen LogP contribution in [0.15, 0.2) is 12.7 Å². The summed E-state index contributed by atoms with van der Waals surface area (Å²) in [5.41, 5.74) is 0. The van der Waals surface area contributed by atoms with Crippen molar-refractivity contribution in [1.29, 1.82) is 0 Å². The van der Waals surface area contributed by atoms with Crippen molar-refractivity contribution < 1.29 is 4.79 Å². The van der Waals surface area contributed by atoms with Gasteiger partial charge in [-0.05, 0) is 25.9 Å². The van der Waals surface area contributed by atoms with Gasteiger partial charge in [-0.3, -0.25) is 9.69 Å². The Hall–Kier alpha value is -0.830. The number of carbonyl (C=O) groups is 1. The van der Waals surface area contributed by atoms with E-state index < -0.39 is 0 Å². The second-order valence-electron chi connectivity index (χ2n) is 3.78. The third-order valence-electron chi connectivity index (χ3n) is 2.51. The van der Waals surface area contributed by atoms with Crippen molar-refractivity contribution in [1.82, 2.24) is 10.2 Å². The lowest BCUT2D eigenvalue weighted by Crippen LogP contribution is -2.37. The van der Waals surface area contributed by atoms with Crippen LogP contribution in [-0.4, -0.2) is 37.0 Å². The minimum Gasteiger partial charge on any atom is -0.352 e. The van der Waals surface area contributed by atoms with Gasteiger partial charge in [0.2, 0.25) is 5.91 Å². The predicted molar refractivity (Wildman–Crippen MR) is 58.1 cm³/mol. The third kappa shape index (κ3) is 4.42. The molecule has 14 heavy (non-hydrogen) atoms. The Morgan fingerprint density at radius 3 is 2.50 bits per heavy atom. The van der Waals surface area contributed by atoms with E-state index in [-0.39, 0.29) is 5.91 Å². The van der Waals surface area contributed by atoms with Gasteiger partial charge in [0, 0.05) is 6.54 Å². The first-order valence-corrected chi connectivity index (χ1v) is 5.43. The highest BCUT2D eigenvalue weighted by Gasteiger charge is 2.11. The number of carbonyl (C=O) groups excluding carboxylic acids is 1. The molecule has 3 heteroatoms. The molecule has 0 radical (unpaired) electrons. The van der Waals surface area contributed by atoms with Gasteiger partial charge in [0.1, 0.15) is 0 Å². The van der Waals surface area contributed by atoms with Gasteiger partial charge < -0.3 is 5.32 Å². The fourth-order valence-corrected chi connectivity index (χ4v) is 1.74. The van der Waals surface area contributed by atoms with Crippen LogP contribution in [0.5, 0.6) is 0 Å². The lowest BCUT2D eigenvalue weighted by Gasteiger charge is -2.18. The molecular formula is C11H20N2O. The SMILES string of the molecule is C=CCNC(=O)CN1CCCCCC1. The molecule has 0 spiro atoms. The summed E-state index contributed by atoms with van der Waals surface area (Å²) >= 11 is 0. The summed E-state index contributed by atoms with van der Waals surface area (Å²) in [6.45, 7) is 6.83. The molecule has 1 N–H and O–H groups in total. The van der Waals surface area contributed by atoms with Crippen LogP contribution in [0.4, 0.5) is 0 Å². The average Bonchev–Trinajstić information content (AvgIpc) is 2.43. The van der Waals surface area contributed by atoms with Crippen molar-refractivity contribution in [2.75, 3.05) is 26.2 Å². The number of amides is 1. The van der Waals surface area contributed by atoms with E-state index >= 15 is 0 Å². The van der Waals surface area contributed by atoms with Gasteiger partial charge in [-0.25, -0.2) is 0 Å². The van der Waals surface area contributed by atoms with Crippen LogP contribution in [-0.2, 0) is 4.79 Å². The Bertz CT molecular complexity index is 184. The Morgan fingerprint density at radius 1 is 1.29 bits per heavy atom. The molecule has 0 aromatic heterocycles. The molecule has 1 heterocycles. The number of nitrogens with zero attached hydrogens (tertiary/aromatic N) is 1. The molecule has 1 rings (SSSR count). The Labute approximate surface area is 86.2 Å². The first-order chi connectivity index (χ1) is 6.83. The quantitative estimate of drug-likeness (QED) is 0.684. The number of nitrogens with one attached hydrogen (secondary N) is 1. The molecule has 0 aliphatic carbocycles. The fourth-order valence-electron chi connectivity index (χ4n) is 1.74. The number of hydrogen-bond donors (Lipinski definition) is 1. The fraction of sp³-hybridized carbons (Fsp3) is 0.727. The van der Waals surface area contributed by atoms with Crippen molar-refractivity contribution >= 4 is 5.91 Å². The van der Waals surface area contributed by atoms with Gasteiger partial charge in [0.05, 0.1) is 6.54 Å². The molecule has 1 aliphatic heterocycles. The Balaban J connectivity index is 2.20. The molecule has 1 fully saturated rings. The van der Waals surface area contributed by atoms with Crippen LogP contribution in [0.25, 0.3) is 0 Å². The molecule has 0 unspecified atom stereocenters. The van der Waals surface area contributed by atoms with Gasteiger partial charge in [-0.1, -0.05) is 18.9 Å². The van der Waals surface area contributed by atoms with Gasteiger partial charge in [0.15, 0.2) is 0 Å². The highest BCUT2D eigenvalue weighted by molar-refractivity contribution is 5.78. The van der Waals surface area contributed by atoms with Gasteiger partial charge in [-0.15, -0.1) is 6.58 Å². The van der Waals surface area contributed by atoms with E-state index in [9.17, 15) is 4.79 Å². The summed E-state index contributed by atoms with van der Waals surface area (Å²) in [6.07, 6.45) is 6.79. The maximum absolute atomic E-state index is 11.4.